The molecule has 0 radical (unpaired) electrons. The number of aromatic nitrogens is 1. The topological polar surface area (TPSA) is 80.0 Å². The Kier molecular flexibility index (Phi) is 5.26. The maximum atomic E-state index is 11.4. The summed E-state index contributed by atoms with van der Waals surface area (Å²) < 4.78 is 0. The molecule has 1 amide bonds. The van der Waals surface area contributed by atoms with Gasteiger partial charge in [0, 0.05) is 19.5 Å². The van der Waals surface area contributed by atoms with E-state index >= 15 is 0 Å². The van der Waals surface area contributed by atoms with Crippen LogP contribution in [0.3, 0.4) is 0 Å². The first-order chi connectivity index (χ1) is 8.08. The first-order valence-electron chi connectivity index (χ1n) is 5.80. The van der Waals surface area contributed by atoms with Gasteiger partial charge in [-0.15, -0.1) is 0 Å². The molecule has 0 saturated carbocycles. The molecular weight excluding hydrogens is 216 g/mol. The van der Waals surface area contributed by atoms with Crippen LogP contribution in [0.1, 0.15) is 20.3 Å². The Hall–Kier alpha value is -1.78. The van der Waals surface area contributed by atoms with Crippen molar-refractivity contribution in [2.45, 2.75) is 20.3 Å². The molecule has 1 aromatic heterocycles. The standard InChI is InChI=1S/C12H20N4O/c1-9(2)7-16-12(17)5-6-14-11-4-3-10(13)8-15-11/h3-4,8-9H,5-7,13H2,1-2H3,(H,14,15)(H,16,17). The third kappa shape index (κ3) is 5.75. The summed E-state index contributed by atoms with van der Waals surface area (Å²) in [5.41, 5.74) is 6.15. The summed E-state index contributed by atoms with van der Waals surface area (Å²) in [6.07, 6.45) is 2.03. The average molecular weight is 236 g/mol. The number of nitrogens with zero attached hydrogens (tertiary/aromatic N) is 1. The molecule has 0 unspecified atom stereocenters. The zero-order valence-corrected chi connectivity index (χ0v) is 10.4. The average Bonchev–Trinajstić information content (AvgIpc) is 2.29. The lowest BCUT2D eigenvalue weighted by molar-refractivity contribution is -0.120. The smallest absolute Gasteiger partial charge is 0.221 e. The van der Waals surface area contributed by atoms with Crippen molar-refractivity contribution >= 4 is 17.4 Å². The van der Waals surface area contributed by atoms with Gasteiger partial charge in [0.1, 0.15) is 5.82 Å². The van der Waals surface area contributed by atoms with Crippen LogP contribution in [0.2, 0.25) is 0 Å². The Morgan fingerprint density at radius 3 is 2.82 bits per heavy atom. The molecular formula is C12H20N4O. The summed E-state index contributed by atoms with van der Waals surface area (Å²) >= 11 is 0. The third-order valence-electron chi connectivity index (χ3n) is 2.15. The van der Waals surface area contributed by atoms with E-state index < -0.39 is 0 Å². The van der Waals surface area contributed by atoms with Crippen LogP contribution in [0.15, 0.2) is 18.3 Å². The minimum atomic E-state index is 0.0571. The normalized spacial score (nSPS) is 10.3. The molecule has 0 spiro atoms. The maximum Gasteiger partial charge on any atom is 0.221 e. The highest BCUT2D eigenvalue weighted by Crippen LogP contribution is 2.05. The number of carbonyl (C=O) groups is 1. The minimum Gasteiger partial charge on any atom is -0.397 e. The van der Waals surface area contributed by atoms with Crippen molar-refractivity contribution in [1.82, 2.24) is 10.3 Å². The molecule has 4 N–H and O–H groups in total. The van der Waals surface area contributed by atoms with Crippen molar-refractivity contribution in [1.29, 1.82) is 0 Å². The Balaban J connectivity index is 2.19. The summed E-state index contributed by atoms with van der Waals surface area (Å²) in [6.45, 7) is 5.42. The molecule has 0 aliphatic rings. The first-order valence-corrected chi connectivity index (χ1v) is 5.80. The van der Waals surface area contributed by atoms with Gasteiger partial charge >= 0.3 is 0 Å². The summed E-state index contributed by atoms with van der Waals surface area (Å²) in [6, 6.07) is 3.57. The zero-order chi connectivity index (χ0) is 12.7. The summed E-state index contributed by atoms with van der Waals surface area (Å²) in [7, 11) is 0. The van der Waals surface area contributed by atoms with E-state index in [0.717, 1.165) is 12.4 Å². The van der Waals surface area contributed by atoms with Crippen molar-refractivity contribution in [3.63, 3.8) is 0 Å². The van der Waals surface area contributed by atoms with Gasteiger partial charge in [0.15, 0.2) is 0 Å². The number of nitrogens with one attached hydrogen (secondary N) is 2. The molecule has 1 aromatic rings. The van der Waals surface area contributed by atoms with Crippen molar-refractivity contribution in [2.75, 3.05) is 24.1 Å². The van der Waals surface area contributed by atoms with Crippen molar-refractivity contribution in [3.05, 3.63) is 18.3 Å². The maximum absolute atomic E-state index is 11.4. The molecule has 0 aliphatic carbocycles. The summed E-state index contributed by atoms with van der Waals surface area (Å²) in [4.78, 5) is 15.5. The fraction of sp³-hybridized carbons (Fsp3) is 0.500. The van der Waals surface area contributed by atoms with E-state index in [9.17, 15) is 4.79 Å². The van der Waals surface area contributed by atoms with Crippen LogP contribution in [-0.2, 0) is 4.79 Å². The molecule has 5 nitrogen and oxygen atoms in total. The molecule has 5 heteroatoms. The Morgan fingerprint density at radius 1 is 1.47 bits per heavy atom. The second-order valence-electron chi connectivity index (χ2n) is 4.35. The van der Waals surface area contributed by atoms with Crippen molar-refractivity contribution < 1.29 is 4.79 Å². The van der Waals surface area contributed by atoms with Gasteiger partial charge in [-0.2, -0.15) is 0 Å². The van der Waals surface area contributed by atoms with Crippen LogP contribution in [0.5, 0.6) is 0 Å². The number of rotatable bonds is 6. The molecule has 0 aromatic carbocycles. The van der Waals surface area contributed by atoms with Gasteiger partial charge in [0.05, 0.1) is 11.9 Å². The van der Waals surface area contributed by atoms with E-state index in [1.807, 2.05) is 0 Å². The fourth-order valence-electron chi connectivity index (χ4n) is 1.22. The number of carbonyl (C=O) groups excluding carboxylic acids is 1. The zero-order valence-electron chi connectivity index (χ0n) is 10.4. The van der Waals surface area contributed by atoms with E-state index in [1.54, 1.807) is 18.3 Å². The van der Waals surface area contributed by atoms with Crippen molar-refractivity contribution in [2.24, 2.45) is 5.92 Å². The number of hydrogen-bond acceptors (Lipinski definition) is 4. The molecule has 17 heavy (non-hydrogen) atoms. The highest BCUT2D eigenvalue weighted by atomic mass is 16.1. The number of nitrogens with two attached hydrogens (primary N) is 1. The lowest BCUT2D eigenvalue weighted by Gasteiger charge is -2.08. The van der Waals surface area contributed by atoms with E-state index in [0.29, 0.717) is 24.6 Å². The molecule has 0 fully saturated rings. The van der Waals surface area contributed by atoms with E-state index in [4.69, 9.17) is 5.73 Å². The molecule has 0 saturated heterocycles. The second-order valence-corrected chi connectivity index (χ2v) is 4.35. The van der Waals surface area contributed by atoms with Gasteiger partial charge in [-0.3, -0.25) is 4.79 Å². The van der Waals surface area contributed by atoms with E-state index in [1.165, 1.54) is 0 Å². The summed E-state index contributed by atoms with van der Waals surface area (Å²) in [5, 5.41) is 5.92. The van der Waals surface area contributed by atoms with Gasteiger partial charge in [0.25, 0.3) is 0 Å². The number of amides is 1. The van der Waals surface area contributed by atoms with Crippen LogP contribution >= 0.6 is 0 Å². The minimum absolute atomic E-state index is 0.0571. The number of anilines is 2. The second kappa shape index (κ2) is 6.73. The third-order valence-corrected chi connectivity index (χ3v) is 2.15. The molecule has 1 rings (SSSR count). The van der Waals surface area contributed by atoms with Gasteiger partial charge in [-0.1, -0.05) is 13.8 Å². The highest BCUT2D eigenvalue weighted by molar-refractivity contribution is 5.76. The number of nitrogen functional groups attached to an aromatic ring is 1. The SMILES string of the molecule is CC(C)CNC(=O)CCNc1ccc(N)cn1. The largest absolute Gasteiger partial charge is 0.397 e. The lowest BCUT2D eigenvalue weighted by Crippen LogP contribution is -2.28. The Bertz CT molecular complexity index is 348. The Morgan fingerprint density at radius 2 is 2.24 bits per heavy atom. The molecule has 0 bridgehead atoms. The fourth-order valence-corrected chi connectivity index (χ4v) is 1.22. The quantitative estimate of drug-likeness (QED) is 0.694. The van der Waals surface area contributed by atoms with Crippen LogP contribution in [0.4, 0.5) is 11.5 Å². The molecule has 0 aliphatic heterocycles. The lowest BCUT2D eigenvalue weighted by atomic mass is 10.2. The summed E-state index contributed by atoms with van der Waals surface area (Å²) in [5.74, 6) is 1.27. The van der Waals surface area contributed by atoms with Crippen LogP contribution < -0.4 is 16.4 Å². The molecule has 0 atom stereocenters. The molecule has 1 heterocycles. The predicted molar refractivity (Wildman–Crippen MR) is 69.6 cm³/mol. The van der Waals surface area contributed by atoms with Crippen molar-refractivity contribution in [3.8, 4) is 0 Å². The van der Waals surface area contributed by atoms with Crippen LogP contribution in [0, 0.1) is 5.92 Å². The predicted octanol–water partition coefficient (Wildman–Crippen LogP) is 1.24. The van der Waals surface area contributed by atoms with Gasteiger partial charge in [0.2, 0.25) is 5.91 Å². The Labute approximate surface area is 102 Å². The van der Waals surface area contributed by atoms with Crippen LogP contribution in [0.25, 0.3) is 0 Å². The van der Waals surface area contributed by atoms with Crippen LogP contribution in [-0.4, -0.2) is 24.0 Å². The molecule has 94 valence electrons. The highest BCUT2D eigenvalue weighted by Gasteiger charge is 2.02. The van der Waals surface area contributed by atoms with Gasteiger partial charge in [-0.05, 0) is 18.1 Å². The number of pyridine rings is 1. The van der Waals surface area contributed by atoms with E-state index in [-0.39, 0.29) is 5.91 Å². The van der Waals surface area contributed by atoms with Gasteiger partial charge < -0.3 is 16.4 Å². The van der Waals surface area contributed by atoms with Gasteiger partial charge in [-0.25, -0.2) is 4.98 Å². The number of hydrogen-bond donors (Lipinski definition) is 3. The monoisotopic (exact) mass is 236 g/mol. The van der Waals surface area contributed by atoms with E-state index in [2.05, 4.69) is 29.5 Å². The first kappa shape index (κ1) is 13.3.